The Morgan fingerprint density at radius 2 is 2.05 bits per heavy atom. The summed E-state index contributed by atoms with van der Waals surface area (Å²) in [7, 11) is 0. The van der Waals surface area contributed by atoms with Gasteiger partial charge in [-0.1, -0.05) is 0 Å². The van der Waals surface area contributed by atoms with E-state index in [4.69, 9.17) is 10.8 Å². The van der Waals surface area contributed by atoms with Crippen molar-refractivity contribution in [1.29, 1.82) is 0 Å². The average molecular weight is 285 g/mol. The van der Waals surface area contributed by atoms with E-state index in [1.54, 1.807) is 0 Å². The van der Waals surface area contributed by atoms with Crippen molar-refractivity contribution in [3.8, 4) is 0 Å². The first-order chi connectivity index (χ1) is 9.41. The zero-order valence-corrected chi connectivity index (χ0v) is 11.0. The number of carboxylic acids is 1. The highest BCUT2D eigenvalue weighted by molar-refractivity contribution is 5.96. The Morgan fingerprint density at radius 3 is 2.65 bits per heavy atom. The molecule has 20 heavy (non-hydrogen) atoms. The molecule has 2 saturated heterocycles. The van der Waals surface area contributed by atoms with Crippen molar-refractivity contribution in [3.63, 3.8) is 0 Å². The standard InChI is InChI=1S/C12H19N3O5/c13-6-9(16)15-5-1-2-8(15)10(17)7-3-4-14-12(7,20)11(18)19/h7-8,14,20H,1-6,13H2,(H,18,19)/t7?,8-,12+/m0/s1. The Kier molecular flexibility index (Phi) is 4.07. The maximum absolute atomic E-state index is 12.5. The van der Waals surface area contributed by atoms with Gasteiger partial charge in [0, 0.05) is 6.54 Å². The van der Waals surface area contributed by atoms with E-state index < -0.39 is 29.4 Å². The maximum Gasteiger partial charge on any atom is 0.352 e. The summed E-state index contributed by atoms with van der Waals surface area (Å²) in [4.78, 5) is 36.7. The number of rotatable bonds is 4. The van der Waals surface area contributed by atoms with E-state index in [-0.39, 0.29) is 25.4 Å². The molecule has 0 aromatic rings. The summed E-state index contributed by atoms with van der Waals surface area (Å²) >= 11 is 0. The first-order valence-corrected chi connectivity index (χ1v) is 6.66. The zero-order chi connectivity index (χ0) is 14.9. The Bertz CT molecular complexity index is 441. The molecule has 2 aliphatic heterocycles. The van der Waals surface area contributed by atoms with Gasteiger partial charge in [-0.2, -0.15) is 0 Å². The van der Waals surface area contributed by atoms with Crippen molar-refractivity contribution in [2.75, 3.05) is 19.6 Å². The second-order valence-electron chi connectivity index (χ2n) is 5.19. The minimum atomic E-state index is -2.24. The van der Waals surface area contributed by atoms with E-state index in [1.807, 2.05) is 0 Å². The van der Waals surface area contributed by atoms with Crippen LogP contribution in [0.2, 0.25) is 0 Å². The number of hydrogen-bond donors (Lipinski definition) is 4. The largest absolute Gasteiger partial charge is 0.478 e. The number of hydrogen-bond acceptors (Lipinski definition) is 6. The van der Waals surface area contributed by atoms with Crippen LogP contribution in [-0.4, -0.2) is 64.2 Å². The van der Waals surface area contributed by atoms with Gasteiger partial charge in [-0.05, 0) is 25.8 Å². The zero-order valence-electron chi connectivity index (χ0n) is 11.0. The number of carbonyl (C=O) groups excluding carboxylic acids is 2. The van der Waals surface area contributed by atoms with Crippen molar-refractivity contribution in [2.45, 2.75) is 31.0 Å². The highest BCUT2D eigenvalue weighted by Gasteiger charge is 2.53. The Balaban J connectivity index is 2.18. The number of ketones is 1. The van der Waals surface area contributed by atoms with Gasteiger partial charge < -0.3 is 20.8 Å². The first-order valence-electron chi connectivity index (χ1n) is 6.66. The molecule has 2 heterocycles. The minimum Gasteiger partial charge on any atom is -0.478 e. The number of aliphatic hydroxyl groups is 1. The van der Waals surface area contributed by atoms with Gasteiger partial charge in [-0.15, -0.1) is 0 Å². The van der Waals surface area contributed by atoms with Crippen molar-refractivity contribution >= 4 is 17.7 Å². The fourth-order valence-corrected chi connectivity index (χ4v) is 3.02. The van der Waals surface area contributed by atoms with Crippen LogP contribution in [0.1, 0.15) is 19.3 Å². The van der Waals surface area contributed by atoms with Gasteiger partial charge in [-0.3, -0.25) is 14.9 Å². The second kappa shape index (κ2) is 5.47. The van der Waals surface area contributed by atoms with Crippen molar-refractivity contribution in [1.82, 2.24) is 10.2 Å². The van der Waals surface area contributed by atoms with Crippen LogP contribution in [0.5, 0.6) is 0 Å². The molecule has 8 nitrogen and oxygen atoms in total. The monoisotopic (exact) mass is 285 g/mol. The lowest BCUT2D eigenvalue weighted by molar-refractivity contribution is -0.169. The molecule has 1 amide bonds. The second-order valence-corrected chi connectivity index (χ2v) is 5.19. The number of likely N-dealkylation sites (tertiary alicyclic amines) is 1. The maximum atomic E-state index is 12.5. The molecule has 0 saturated carbocycles. The van der Waals surface area contributed by atoms with Gasteiger partial charge >= 0.3 is 5.97 Å². The molecule has 0 aromatic heterocycles. The number of nitrogens with zero attached hydrogens (tertiary/aromatic N) is 1. The van der Waals surface area contributed by atoms with Crippen molar-refractivity contribution < 1.29 is 24.6 Å². The van der Waals surface area contributed by atoms with Crippen LogP contribution < -0.4 is 11.1 Å². The fraction of sp³-hybridized carbons (Fsp3) is 0.750. The van der Waals surface area contributed by atoms with E-state index in [9.17, 15) is 19.5 Å². The molecular formula is C12H19N3O5. The summed E-state index contributed by atoms with van der Waals surface area (Å²) in [5.74, 6) is -3.25. The quantitative estimate of drug-likeness (QED) is 0.464. The van der Waals surface area contributed by atoms with Gasteiger partial charge in [0.1, 0.15) is 0 Å². The Hall–Kier alpha value is -1.51. The summed E-state index contributed by atoms with van der Waals surface area (Å²) in [6.45, 7) is 0.505. The molecule has 0 spiro atoms. The van der Waals surface area contributed by atoms with E-state index in [2.05, 4.69) is 5.32 Å². The lowest BCUT2D eigenvalue weighted by atomic mass is 9.87. The third kappa shape index (κ3) is 2.30. The summed E-state index contributed by atoms with van der Waals surface area (Å²) in [5, 5.41) is 21.6. The predicted octanol–water partition coefficient (Wildman–Crippen LogP) is -2.11. The van der Waals surface area contributed by atoms with Gasteiger partial charge in [0.15, 0.2) is 5.78 Å². The highest BCUT2D eigenvalue weighted by Crippen LogP contribution is 2.31. The molecule has 0 radical (unpaired) electrons. The van der Waals surface area contributed by atoms with Crippen LogP contribution in [0.4, 0.5) is 0 Å². The van der Waals surface area contributed by atoms with E-state index >= 15 is 0 Å². The summed E-state index contributed by atoms with van der Waals surface area (Å²) in [6.07, 6.45) is 1.40. The molecule has 2 aliphatic rings. The number of nitrogens with one attached hydrogen (secondary N) is 1. The average Bonchev–Trinajstić information content (AvgIpc) is 3.04. The predicted molar refractivity (Wildman–Crippen MR) is 67.5 cm³/mol. The Morgan fingerprint density at radius 1 is 1.35 bits per heavy atom. The molecule has 3 atom stereocenters. The van der Waals surface area contributed by atoms with E-state index in [1.165, 1.54) is 4.90 Å². The number of carboxylic acid groups (broad SMARTS) is 1. The molecule has 2 rings (SSSR count). The van der Waals surface area contributed by atoms with Crippen LogP contribution in [0.25, 0.3) is 0 Å². The number of nitrogens with two attached hydrogens (primary N) is 1. The minimum absolute atomic E-state index is 0.185. The smallest absolute Gasteiger partial charge is 0.352 e. The van der Waals surface area contributed by atoms with Gasteiger partial charge in [0.2, 0.25) is 11.6 Å². The summed E-state index contributed by atoms with van der Waals surface area (Å²) < 4.78 is 0. The fourth-order valence-electron chi connectivity index (χ4n) is 3.02. The molecule has 0 aromatic carbocycles. The van der Waals surface area contributed by atoms with Gasteiger partial charge in [-0.25, -0.2) is 4.79 Å². The third-order valence-corrected chi connectivity index (χ3v) is 4.08. The van der Waals surface area contributed by atoms with Crippen LogP contribution >= 0.6 is 0 Å². The van der Waals surface area contributed by atoms with Gasteiger partial charge in [0.25, 0.3) is 0 Å². The molecule has 8 heteroatoms. The third-order valence-electron chi connectivity index (χ3n) is 4.08. The molecule has 1 unspecified atom stereocenters. The van der Waals surface area contributed by atoms with Crippen LogP contribution in [0, 0.1) is 5.92 Å². The number of Topliss-reactive ketones (excluding diaryl/α,β-unsaturated/α-hetero) is 1. The summed E-state index contributed by atoms with van der Waals surface area (Å²) in [5.41, 5.74) is 3.07. The van der Waals surface area contributed by atoms with E-state index in [0.717, 1.165) is 0 Å². The lowest BCUT2D eigenvalue weighted by Crippen LogP contribution is -2.57. The number of amides is 1. The van der Waals surface area contributed by atoms with Crippen molar-refractivity contribution in [3.05, 3.63) is 0 Å². The molecule has 5 N–H and O–H groups in total. The number of aliphatic carboxylic acids is 1. The van der Waals surface area contributed by atoms with E-state index in [0.29, 0.717) is 19.4 Å². The van der Waals surface area contributed by atoms with Crippen molar-refractivity contribution in [2.24, 2.45) is 11.7 Å². The van der Waals surface area contributed by atoms with Crippen LogP contribution in [-0.2, 0) is 14.4 Å². The number of carbonyl (C=O) groups is 3. The molecule has 0 aliphatic carbocycles. The van der Waals surface area contributed by atoms with Gasteiger partial charge in [0.05, 0.1) is 18.5 Å². The molecule has 0 bridgehead atoms. The SMILES string of the molecule is NCC(=O)N1CCC[C@H]1C(=O)C1CCN[C@]1(O)C(=O)O. The molecule has 2 fully saturated rings. The molecule has 112 valence electrons. The lowest BCUT2D eigenvalue weighted by Gasteiger charge is -2.30. The van der Waals surface area contributed by atoms with Crippen LogP contribution in [0.15, 0.2) is 0 Å². The normalized spacial score (nSPS) is 33.4. The van der Waals surface area contributed by atoms with Crippen LogP contribution in [0.3, 0.4) is 0 Å². The first kappa shape index (κ1) is 14.9. The highest BCUT2D eigenvalue weighted by atomic mass is 16.4. The topological polar surface area (TPSA) is 133 Å². The Labute approximate surface area is 115 Å². The molecular weight excluding hydrogens is 266 g/mol. The summed E-state index contributed by atoms with van der Waals surface area (Å²) in [6, 6.07) is -0.679.